The Morgan fingerprint density at radius 2 is 2.00 bits per heavy atom. The molecule has 2 aromatic carbocycles. The molecule has 27 heavy (non-hydrogen) atoms. The SMILES string of the molecule is CCOc1cc(/C=N\NC(=O)c2cccc([N+](=O)[O-])c2)cc([N+](=O)[O-])c1O. The fourth-order valence-electron chi connectivity index (χ4n) is 2.08. The lowest BCUT2D eigenvalue weighted by Gasteiger charge is -2.07. The first-order chi connectivity index (χ1) is 12.8. The monoisotopic (exact) mass is 374 g/mol. The van der Waals surface area contributed by atoms with Crippen LogP contribution in [0.5, 0.6) is 11.5 Å². The summed E-state index contributed by atoms with van der Waals surface area (Å²) in [5.74, 6) is -1.41. The molecule has 140 valence electrons. The largest absolute Gasteiger partial charge is 0.500 e. The number of aromatic hydroxyl groups is 1. The van der Waals surface area contributed by atoms with Gasteiger partial charge in [0, 0.05) is 29.3 Å². The van der Waals surface area contributed by atoms with Gasteiger partial charge in [-0.25, -0.2) is 5.43 Å². The van der Waals surface area contributed by atoms with Crippen molar-refractivity contribution in [2.45, 2.75) is 6.92 Å². The highest BCUT2D eigenvalue weighted by Gasteiger charge is 2.19. The lowest BCUT2D eigenvalue weighted by atomic mass is 10.2. The molecule has 0 atom stereocenters. The first-order valence-electron chi connectivity index (χ1n) is 7.55. The van der Waals surface area contributed by atoms with Crippen LogP contribution in [-0.2, 0) is 0 Å². The van der Waals surface area contributed by atoms with Crippen LogP contribution in [0, 0.1) is 20.2 Å². The summed E-state index contributed by atoms with van der Waals surface area (Å²) in [6.07, 6.45) is 1.12. The maximum absolute atomic E-state index is 12.0. The Morgan fingerprint density at radius 3 is 2.63 bits per heavy atom. The zero-order valence-corrected chi connectivity index (χ0v) is 14.0. The van der Waals surface area contributed by atoms with Crippen molar-refractivity contribution < 1.29 is 24.5 Å². The molecule has 11 heteroatoms. The van der Waals surface area contributed by atoms with Gasteiger partial charge in [0.25, 0.3) is 11.6 Å². The number of rotatable bonds is 7. The van der Waals surface area contributed by atoms with E-state index in [4.69, 9.17) is 4.74 Å². The Balaban J connectivity index is 2.20. The molecule has 0 aromatic heterocycles. The lowest BCUT2D eigenvalue weighted by molar-refractivity contribution is -0.386. The van der Waals surface area contributed by atoms with E-state index >= 15 is 0 Å². The van der Waals surface area contributed by atoms with Gasteiger partial charge in [-0.05, 0) is 19.1 Å². The summed E-state index contributed by atoms with van der Waals surface area (Å²) in [6.45, 7) is 1.82. The van der Waals surface area contributed by atoms with Crippen LogP contribution in [0.15, 0.2) is 41.5 Å². The number of nitrogens with zero attached hydrogens (tertiary/aromatic N) is 3. The molecule has 0 saturated heterocycles. The van der Waals surface area contributed by atoms with E-state index in [1.807, 2.05) is 0 Å². The number of carbonyl (C=O) groups excluding carboxylic acids is 1. The lowest BCUT2D eigenvalue weighted by Crippen LogP contribution is -2.17. The molecule has 1 amide bonds. The third kappa shape index (κ3) is 4.75. The van der Waals surface area contributed by atoms with Gasteiger partial charge in [0.15, 0.2) is 5.75 Å². The molecule has 0 aliphatic carbocycles. The number of nitro benzene ring substituents is 2. The number of non-ortho nitro benzene ring substituents is 1. The van der Waals surface area contributed by atoms with Crippen LogP contribution in [0.1, 0.15) is 22.8 Å². The minimum Gasteiger partial charge on any atom is -0.500 e. The zero-order valence-electron chi connectivity index (χ0n) is 14.0. The quantitative estimate of drug-likeness (QED) is 0.428. The highest BCUT2D eigenvalue weighted by Crippen LogP contribution is 2.36. The topological polar surface area (TPSA) is 157 Å². The molecular formula is C16H14N4O7. The van der Waals surface area contributed by atoms with E-state index in [2.05, 4.69) is 10.5 Å². The number of nitrogens with one attached hydrogen (secondary N) is 1. The van der Waals surface area contributed by atoms with Crippen molar-refractivity contribution in [3.05, 3.63) is 67.8 Å². The second-order valence-corrected chi connectivity index (χ2v) is 5.08. The summed E-state index contributed by atoms with van der Waals surface area (Å²) < 4.78 is 5.13. The standard InChI is InChI=1S/C16H14N4O7/c1-2-27-14-7-10(6-13(15(14)21)20(25)26)9-17-18-16(22)11-4-3-5-12(8-11)19(23)24/h3-9,21H,2H2,1H3,(H,18,22)/b17-9-. The molecule has 2 aromatic rings. The van der Waals surface area contributed by atoms with E-state index in [0.29, 0.717) is 0 Å². The zero-order chi connectivity index (χ0) is 20.0. The van der Waals surface area contributed by atoms with E-state index < -0.39 is 27.2 Å². The first-order valence-corrected chi connectivity index (χ1v) is 7.55. The van der Waals surface area contributed by atoms with Gasteiger partial charge in [0.1, 0.15) is 0 Å². The molecule has 0 radical (unpaired) electrons. The summed E-state index contributed by atoms with van der Waals surface area (Å²) in [5.41, 5.74) is 1.56. The number of carbonyl (C=O) groups is 1. The molecular weight excluding hydrogens is 360 g/mol. The van der Waals surface area contributed by atoms with Crippen LogP contribution in [-0.4, -0.2) is 33.7 Å². The molecule has 0 heterocycles. The summed E-state index contributed by atoms with van der Waals surface area (Å²) in [6, 6.07) is 7.43. The second-order valence-electron chi connectivity index (χ2n) is 5.08. The average Bonchev–Trinajstić information content (AvgIpc) is 2.64. The van der Waals surface area contributed by atoms with Crippen LogP contribution in [0.4, 0.5) is 11.4 Å². The van der Waals surface area contributed by atoms with Crippen molar-refractivity contribution in [1.82, 2.24) is 5.43 Å². The summed E-state index contributed by atoms with van der Waals surface area (Å²) in [5, 5.41) is 35.2. The van der Waals surface area contributed by atoms with E-state index in [0.717, 1.165) is 18.3 Å². The van der Waals surface area contributed by atoms with Crippen LogP contribution in [0.3, 0.4) is 0 Å². The van der Waals surface area contributed by atoms with Crippen molar-refractivity contribution in [2.75, 3.05) is 6.61 Å². The Bertz CT molecular complexity index is 927. The number of hydrogen-bond acceptors (Lipinski definition) is 8. The minimum atomic E-state index is -0.781. The first kappa shape index (κ1) is 19.3. The summed E-state index contributed by atoms with van der Waals surface area (Å²) >= 11 is 0. The van der Waals surface area contributed by atoms with Crippen LogP contribution in [0.25, 0.3) is 0 Å². The van der Waals surface area contributed by atoms with Crippen molar-refractivity contribution in [3.8, 4) is 11.5 Å². The summed E-state index contributed by atoms with van der Waals surface area (Å²) in [7, 11) is 0. The van der Waals surface area contributed by atoms with E-state index in [9.17, 15) is 30.1 Å². The molecule has 0 fully saturated rings. The van der Waals surface area contributed by atoms with Gasteiger partial charge in [-0.2, -0.15) is 5.10 Å². The van der Waals surface area contributed by atoms with Gasteiger partial charge in [0.2, 0.25) is 5.75 Å². The molecule has 2 rings (SSSR count). The highest BCUT2D eigenvalue weighted by atomic mass is 16.6. The van der Waals surface area contributed by atoms with Gasteiger partial charge in [-0.15, -0.1) is 0 Å². The Kier molecular flexibility index (Phi) is 5.99. The van der Waals surface area contributed by atoms with Gasteiger partial charge < -0.3 is 9.84 Å². The highest BCUT2D eigenvalue weighted by molar-refractivity contribution is 5.95. The number of phenols is 1. The third-order valence-electron chi connectivity index (χ3n) is 3.27. The van der Waals surface area contributed by atoms with Crippen LogP contribution in [0.2, 0.25) is 0 Å². The third-order valence-corrected chi connectivity index (χ3v) is 3.27. The average molecular weight is 374 g/mol. The maximum Gasteiger partial charge on any atom is 0.315 e. The number of benzene rings is 2. The Morgan fingerprint density at radius 1 is 1.26 bits per heavy atom. The number of nitro groups is 2. The van der Waals surface area contributed by atoms with Crippen LogP contribution >= 0.6 is 0 Å². The molecule has 11 nitrogen and oxygen atoms in total. The van der Waals surface area contributed by atoms with Gasteiger partial charge in [-0.1, -0.05) is 6.07 Å². The van der Waals surface area contributed by atoms with E-state index in [1.54, 1.807) is 6.92 Å². The number of hydrazone groups is 1. The van der Waals surface area contributed by atoms with Gasteiger partial charge in [0.05, 0.1) is 22.7 Å². The van der Waals surface area contributed by atoms with Crippen LogP contribution < -0.4 is 10.2 Å². The Labute approximate surface area is 152 Å². The minimum absolute atomic E-state index is 0.0213. The van der Waals surface area contributed by atoms with Gasteiger partial charge >= 0.3 is 5.69 Å². The fraction of sp³-hybridized carbons (Fsp3) is 0.125. The van der Waals surface area contributed by atoms with Crippen molar-refractivity contribution in [2.24, 2.45) is 5.10 Å². The maximum atomic E-state index is 12.0. The Hall–Kier alpha value is -4.02. The predicted molar refractivity (Wildman–Crippen MR) is 94.1 cm³/mol. The normalized spacial score (nSPS) is 10.6. The molecule has 0 bridgehead atoms. The van der Waals surface area contributed by atoms with Crippen molar-refractivity contribution in [1.29, 1.82) is 0 Å². The van der Waals surface area contributed by atoms with E-state index in [1.165, 1.54) is 24.3 Å². The van der Waals surface area contributed by atoms with Crippen molar-refractivity contribution in [3.63, 3.8) is 0 Å². The molecule has 0 saturated carbocycles. The smallest absolute Gasteiger partial charge is 0.315 e. The fourth-order valence-corrected chi connectivity index (χ4v) is 2.08. The molecule has 2 N–H and O–H groups in total. The molecule has 0 spiro atoms. The van der Waals surface area contributed by atoms with Crippen molar-refractivity contribution >= 4 is 23.5 Å². The number of phenolic OH excluding ortho intramolecular Hbond substituents is 1. The van der Waals surface area contributed by atoms with Gasteiger partial charge in [-0.3, -0.25) is 25.0 Å². The number of hydrogen-bond donors (Lipinski definition) is 2. The molecule has 0 unspecified atom stereocenters. The predicted octanol–water partition coefficient (Wildman–Crippen LogP) is 2.37. The summed E-state index contributed by atoms with van der Waals surface area (Å²) in [4.78, 5) is 32.3. The molecule has 0 aliphatic heterocycles. The second kappa shape index (κ2) is 8.38. The number of amides is 1. The number of ether oxygens (including phenoxy) is 1. The van der Waals surface area contributed by atoms with E-state index in [-0.39, 0.29) is 29.2 Å². The molecule has 0 aliphatic rings.